The van der Waals surface area contributed by atoms with E-state index in [-0.39, 0.29) is 12.3 Å². The highest BCUT2D eigenvalue weighted by atomic mass is 32.1. The van der Waals surface area contributed by atoms with Crippen LogP contribution in [0.3, 0.4) is 0 Å². The average molecular weight is 371 g/mol. The van der Waals surface area contributed by atoms with E-state index in [1.54, 1.807) is 18.2 Å². The number of rotatable bonds is 6. The van der Waals surface area contributed by atoms with Gasteiger partial charge in [-0.2, -0.15) is 4.98 Å². The van der Waals surface area contributed by atoms with Crippen molar-refractivity contribution < 1.29 is 18.8 Å². The molecule has 0 aliphatic heterocycles. The zero-order valence-electron chi connectivity index (χ0n) is 14.3. The van der Waals surface area contributed by atoms with Crippen LogP contribution in [0.1, 0.15) is 28.2 Å². The van der Waals surface area contributed by atoms with Crippen LogP contribution in [-0.4, -0.2) is 29.1 Å². The standard InChI is InChI=1S/C18H17N3O4S/c1-11-5-6-12(18(23)24-2)10-13(11)19-15(22)7-8-16-20-17(21-25-16)14-4-3-9-26-14/h3-6,9-10H,7-8H2,1-2H3,(H,19,22). The number of amides is 1. The van der Waals surface area contributed by atoms with E-state index in [1.165, 1.54) is 18.4 Å². The highest BCUT2D eigenvalue weighted by molar-refractivity contribution is 7.13. The third-order valence-electron chi connectivity index (χ3n) is 3.71. The van der Waals surface area contributed by atoms with E-state index in [9.17, 15) is 9.59 Å². The lowest BCUT2D eigenvalue weighted by Gasteiger charge is -2.09. The van der Waals surface area contributed by atoms with Crippen molar-refractivity contribution in [1.82, 2.24) is 10.1 Å². The van der Waals surface area contributed by atoms with Crippen molar-refractivity contribution in [2.24, 2.45) is 0 Å². The lowest BCUT2D eigenvalue weighted by Crippen LogP contribution is -2.14. The Morgan fingerprint density at radius 2 is 2.15 bits per heavy atom. The van der Waals surface area contributed by atoms with Gasteiger partial charge in [-0.3, -0.25) is 4.79 Å². The van der Waals surface area contributed by atoms with E-state index in [2.05, 4.69) is 15.5 Å². The van der Waals surface area contributed by atoms with Gasteiger partial charge >= 0.3 is 5.97 Å². The zero-order valence-corrected chi connectivity index (χ0v) is 15.1. The number of aromatic nitrogens is 2. The molecule has 0 radical (unpaired) electrons. The van der Waals surface area contributed by atoms with Gasteiger partial charge in [0.25, 0.3) is 0 Å². The fourth-order valence-electron chi connectivity index (χ4n) is 2.30. The van der Waals surface area contributed by atoms with Gasteiger partial charge in [-0.15, -0.1) is 11.3 Å². The summed E-state index contributed by atoms with van der Waals surface area (Å²) in [7, 11) is 1.31. The molecule has 7 nitrogen and oxygen atoms in total. The van der Waals surface area contributed by atoms with E-state index in [1.807, 2.05) is 24.4 Å². The first kappa shape index (κ1) is 17.8. The van der Waals surface area contributed by atoms with Gasteiger partial charge in [0, 0.05) is 18.5 Å². The number of carbonyl (C=O) groups excluding carboxylic acids is 2. The maximum absolute atomic E-state index is 12.2. The second-order valence-corrected chi connectivity index (χ2v) is 6.51. The molecule has 3 aromatic rings. The van der Waals surface area contributed by atoms with Crippen LogP contribution >= 0.6 is 11.3 Å². The highest BCUT2D eigenvalue weighted by Crippen LogP contribution is 2.22. The molecule has 26 heavy (non-hydrogen) atoms. The second-order valence-electron chi connectivity index (χ2n) is 5.56. The highest BCUT2D eigenvalue weighted by Gasteiger charge is 2.13. The molecule has 2 heterocycles. The Hall–Kier alpha value is -3.00. The van der Waals surface area contributed by atoms with Crippen LogP contribution in [0.25, 0.3) is 10.7 Å². The number of carbonyl (C=O) groups is 2. The Morgan fingerprint density at radius 3 is 2.88 bits per heavy atom. The number of anilines is 1. The summed E-state index contributed by atoms with van der Waals surface area (Å²) in [5.41, 5.74) is 1.80. The van der Waals surface area contributed by atoms with Crippen LogP contribution in [-0.2, 0) is 16.0 Å². The lowest BCUT2D eigenvalue weighted by molar-refractivity contribution is -0.116. The number of aryl methyl sites for hydroxylation is 2. The molecule has 134 valence electrons. The molecule has 1 aromatic carbocycles. The number of thiophene rings is 1. The number of nitrogens with one attached hydrogen (secondary N) is 1. The third kappa shape index (κ3) is 4.15. The molecule has 0 fully saturated rings. The Kier molecular flexibility index (Phi) is 5.43. The predicted molar refractivity (Wildman–Crippen MR) is 97.1 cm³/mol. The van der Waals surface area contributed by atoms with Gasteiger partial charge in [0.05, 0.1) is 17.6 Å². The Bertz CT molecular complexity index is 918. The first-order valence-electron chi connectivity index (χ1n) is 7.92. The normalized spacial score (nSPS) is 10.5. The molecule has 3 rings (SSSR count). The number of methoxy groups -OCH3 is 1. The van der Waals surface area contributed by atoms with Crippen LogP contribution in [0.5, 0.6) is 0 Å². The van der Waals surface area contributed by atoms with Crippen molar-refractivity contribution in [3.8, 4) is 10.7 Å². The summed E-state index contributed by atoms with van der Waals surface area (Å²) in [6.45, 7) is 1.85. The van der Waals surface area contributed by atoms with Crippen molar-refractivity contribution in [1.29, 1.82) is 0 Å². The van der Waals surface area contributed by atoms with Crippen molar-refractivity contribution in [3.63, 3.8) is 0 Å². The van der Waals surface area contributed by atoms with Crippen LogP contribution < -0.4 is 5.32 Å². The molecule has 1 amide bonds. The average Bonchev–Trinajstić information content (AvgIpc) is 3.32. The SMILES string of the molecule is COC(=O)c1ccc(C)c(NC(=O)CCc2nc(-c3cccs3)no2)c1. The van der Waals surface area contributed by atoms with E-state index in [0.29, 0.717) is 29.4 Å². The van der Waals surface area contributed by atoms with Crippen LogP contribution in [0.4, 0.5) is 5.69 Å². The zero-order chi connectivity index (χ0) is 18.5. The number of hydrogen-bond acceptors (Lipinski definition) is 7. The van der Waals surface area contributed by atoms with Gasteiger partial charge in [0.2, 0.25) is 17.6 Å². The van der Waals surface area contributed by atoms with Crippen LogP contribution in [0.2, 0.25) is 0 Å². The molecule has 0 saturated carbocycles. The molecule has 8 heteroatoms. The Morgan fingerprint density at radius 1 is 1.31 bits per heavy atom. The number of nitrogens with zero attached hydrogens (tertiary/aromatic N) is 2. The molecule has 1 N–H and O–H groups in total. The van der Waals surface area contributed by atoms with Crippen LogP contribution in [0, 0.1) is 6.92 Å². The number of hydrogen-bond donors (Lipinski definition) is 1. The van der Waals surface area contributed by atoms with E-state index in [0.717, 1.165) is 10.4 Å². The minimum atomic E-state index is -0.451. The van der Waals surface area contributed by atoms with Crippen molar-refractivity contribution >= 4 is 28.9 Å². The Labute approximate surface area is 154 Å². The van der Waals surface area contributed by atoms with Crippen molar-refractivity contribution in [2.75, 3.05) is 12.4 Å². The maximum Gasteiger partial charge on any atom is 0.337 e. The molecule has 0 saturated heterocycles. The van der Waals surface area contributed by atoms with Gasteiger partial charge in [0.15, 0.2) is 0 Å². The minimum Gasteiger partial charge on any atom is -0.465 e. The summed E-state index contributed by atoms with van der Waals surface area (Å²) in [4.78, 5) is 29.0. The molecular formula is C18H17N3O4S. The van der Waals surface area contributed by atoms with Gasteiger partial charge < -0.3 is 14.6 Å². The minimum absolute atomic E-state index is 0.188. The lowest BCUT2D eigenvalue weighted by atomic mass is 10.1. The van der Waals surface area contributed by atoms with Gasteiger partial charge in [-0.05, 0) is 36.1 Å². The first-order valence-corrected chi connectivity index (χ1v) is 8.80. The fourth-order valence-corrected chi connectivity index (χ4v) is 2.95. The molecule has 0 bridgehead atoms. The summed E-state index contributed by atoms with van der Waals surface area (Å²) in [5, 5.41) is 8.65. The quantitative estimate of drug-likeness (QED) is 0.667. The molecule has 0 atom stereocenters. The number of benzene rings is 1. The predicted octanol–water partition coefficient (Wildman–Crippen LogP) is 3.46. The van der Waals surface area contributed by atoms with Gasteiger partial charge in [-0.25, -0.2) is 4.79 Å². The monoisotopic (exact) mass is 371 g/mol. The van der Waals surface area contributed by atoms with Crippen molar-refractivity contribution in [3.05, 3.63) is 52.7 Å². The molecule has 2 aromatic heterocycles. The number of ether oxygens (including phenoxy) is 1. The summed E-state index contributed by atoms with van der Waals surface area (Å²) in [6, 6.07) is 8.83. The van der Waals surface area contributed by atoms with Crippen LogP contribution in [0.15, 0.2) is 40.2 Å². The second kappa shape index (κ2) is 7.92. The molecular weight excluding hydrogens is 354 g/mol. The smallest absolute Gasteiger partial charge is 0.337 e. The third-order valence-corrected chi connectivity index (χ3v) is 4.57. The van der Waals surface area contributed by atoms with Crippen molar-refractivity contribution in [2.45, 2.75) is 19.8 Å². The van der Waals surface area contributed by atoms with Gasteiger partial charge in [0.1, 0.15) is 0 Å². The maximum atomic E-state index is 12.2. The summed E-state index contributed by atoms with van der Waals surface area (Å²) >= 11 is 1.52. The fraction of sp³-hybridized carbons (Fsp3) is 0.222. The summed E-state index contributed by atoms with van der Waals surface area (Å²) < 4.78 is 9.88. The van der Waals surface area contributed by atoms with E-state index >= 15 is 0 Å². The van der Waals surface area contributed by atoms with Gasteiger partial charge in [-0.1, -0.05) is 17.3 Å². The molecule has 0 aliphatic carbocycles. The summed E-state index contributed by atoms with van der Waals surface area (Å²) in [5.74, 6) is 0.277. The van der Waals surface area contributed by atoms with E-state index in [4.69, 9.17) is 9.26 Å². The summed E-state index contributed by atoms with van der Waals surface area (Å²) in [6.07, 6.45) is 0.522. The Balaban J connectivity index is 1.60. The molecule has 0 aliphatic rings. The topological polar surface area (TPSA) is 94.3 Å². The first-order chi connectivity index (χ1) is 12.6. The molecule has 0 unspecified atom stereocenters. The van der Waals surface area contributed by atoms with E-state index < -0.39 is 5.97 Å². The number of esters is 1. The molecule has 0 spiro atoms. The largest absolute Gasteiger partial charge is 0.465 e.